The molecule has 0 spiro atoms. The van der Waals surface area contributed by atoms with Crippen molar-refractivity contribution >= 4 is 0 Å². The van der Waals surface area contributed by atoms with Crippen LogP contribution in [0.3, 0.4) is 0 Å². The third-order valence-electron chi connectivity index (χ3n) is 4.92. The molecule has 3 aromatic rings. The monoisotopic (exact) mass is 348 g/mol. The molecule has 5 nitrogen and oxygen atoms in total. The first-order valence-electron chi connectivity index (χ1n) is 9.15. The average molecular weight is 348 g/mol. The Morgan fingerprint density at radius 2 is 1.81 bits per heavy atom. The Hall–Kier alpha value is -2.50. The highest BCUT2D eigenvalue weighted by molar-refractivity contribution is 5.24. The maximum atomic E-state index is 5.99. The first kappa shape index (κ1) is 16.9. The Bertz CT molecular complexity index is 776. The predicted molar refractivity (Wildman–Crippen MR) is 101 cm³/mol. The van der Waals surface area contributed by atoms with Crippen molar-refractivity contribution in [3.8, 4) is 0 Å². The predicted octanol–water partition coefficient (Wildman–Crippen LogP) is 2.96. The van der Waals surface area contributed by atoms with Crippen molar-refractivity contribution in [1.82, 2.24) is 19.7 Å². The molecule has 0 N–H and O–H groups in total. The summed E-state index contributed by atoms with van der Waals surface area (Å²) in [7, 11) is 0. The SMILES string of the molecule is c1ccc(C[C@@H](c2ccccc2)N2CCO[C@H](Cn3cncn3)C2)cc1. The zero-order chi connectivity index (χ0) is 17.6. The van der Waals surface area contributed by atoms with E-state index in [4.69, 9.17) is 4.74 Å². The van der Waals surface area contributed by atoms with Gasteiger partial charge in [0.05, 0.1) is 19.3 Å². The van der Waals surface area contributed by atoms with Gasteiger partial charge in [0.1, 0.15) is 12.7 Å². The van der Waals surface area contributed by atoms with Gasteiger partial charge in [0, 0.05) is 19.1 Å². The fraction of sp³-hybridized carbons (Fsp3) is 0.333. The van der Waals surface area contributed by atoms with E-state index in [9.17, 15) is 0 Å². The number of morpholine rings is 1. The van der Waals surface area contributed by atoms with Crippen molar-refractivity contribution in [2.24, 2.45) is 0 Å². The molecule has 1 saturated heterocycles. The maximum absolute atomic E-state index is 5.99. The minimum Gasteiger partial charge on any atom is -0.374 e. The van der Waals surface area contributed by atoms with Crippen molar-refractivity contribution < 1.29 is 4.74 Å². The highest BCUT2D eigenvalue weighted by atomic mass is 16.5. The van der Waals surface area contributed by atoms with E-state index in [1.807, 2.05) is 4.68 Å². The molecule has 1 aliphatic rings. The summed E-state index contributed by atoms with van der Waals surface area (Å²) < 4.78 is 7.84. The van der Waals surface area contributed by atoms with Gasteiger partial charge in [-0.2, -0.15) is 5.10 Å². The highest BCUT2D eigenvalue weighted by Gasteiger charge is 2.28. The van der Waals surface area contributed by atoms with Gasteiger partial charge < -0.3 is 4.74 Å². The van der Waals surface area contributed by atoms with Crippen LogP contribution in [0, 0.1) is 0 Å². The van der Waals surface area contributed by atoms with Gasteiger partial charge in [0.25, 0.3) is 0 Å². The molecule has 0 saturated carbocycles. The Kier molecular flexibility index (Phi) is 5.38. The molecule has 0 amide bonds. The van der Waals surface area contributed by atoms with E-state index in [-0.39, 0.29) is 6.10 Å². The summed E-state index contributed by atoms with van der Waals surface area (Å²) in [6, 6.07) is 21.9. The normalized spacial score (nSPS) is 19.3. The molecular weight excluding hydrogens is 324 g/mol. The van der Waals surface area contributed by atoms with E-state index < -0.39 is 0 Å². The number of benzene rings is 2. The summed E-state index contributed by atoms with van der Waals surface area (Å²) in [5, 5.41) is 4.21. The Balaban J connectivity index is 1.52. The van der Waals surface area contributed by atoms with Crippen LogP contribution in [0.4, 0.5) is 0 Å². The Labute approximate surface area is 154 Å². The molecule has 0 bridgehead atoms. The van der Waals surface area contributed by atoms with Crippen LogP contribution in [-0.4, -0.2) is 45.5 Å². The minimum absolute atomic E-state index is 0.132. The van der Waals surface area contributed by atoms with Crippen LogP contribution in [0.2, 0.25) is 0 Å². The van der Waals surface area contributed by atoms with Crippen molar-refractivity contribution in [3.63, 3.8) is 0 Å². The van der Waals surface area contributed by atoms with E-state index in [1.165, 1.54) is 11.1 Å². The second-order valence-electron chi connectivity index (χ2n) is 6.72. The zero-order valence-electron chi connectivity index (χ0n) is 14.8. The lowest BCUT2D eigenvalue weighted by molar-refractivity contribution is -0.0520. The molecule has 5 heteroatoms. The van der Waals surface area contributed by atoms with Gasteiger partial charge in [-0.05, 0) is 17.5 Å². The Morgan fingerprint density at radius 3 is 2.54 bits per heavy atom. The van der Waals surface area contributed by atoms with Crippen LogP contribution >= 0.6 is 0 Å². The lowest BCUT2D eigenvalue weighted by Gasteiger charge is -2.38. The Morgan fingerprint density at radius 1 is 1.04 bits per heavy atom. The largest absolute Gasteiger partial charge is 0.374 e. The second kappa shape index (κ2) is 8.25. The highest BCUT2D eigenvalue weighted by Crippen LogP contribution is 2.27. The molecule has 0 radical (unpaired) electrons. The molecule has 2 heterocycles. The summed E-state index contributed by atoms with van der Waals surface area (Å²) >= 11 is 0. The molecule has 1 fully saturated rings. The standard InChI is InChI=1S/C21H24N4O/c1-3-7-18(8-4-1)13-21(19-9-5-2-6-10-19)24-11-12-26-20(14-24)15-25-17-22-16-23-25/h1-10,16-17,20-21H,11-15H2/t20-,21-/m0/s1. The molecular formula is C21H24N4O. The number of nitrogens with zero attached hydrogens (tertiary/aromatic N) is 4. The van der Waals surface area contributed by atoms with Gasteiger partial charge >= 0.3 is 0 Å². The number of aromatic nitrogens is 3. The number of rotatable bonds is 6. The molecule has 26 heavy (non-hydrogen) atoms. The topological polar surface area (TPSA) is 43.2 Å². The summed E-state index contributed by atoms with van der Waals surface area (Å²) in [6.07, 6.45) is 4.46. The van der Waals surface area contributed by atoms with Crippen LogP contribution < -0.4 is 0 Å². The third-order valence-corrected chi connectivity index (χ3v) is 4.92. The van der Waals surface area contributed by atoms with Gasteiger partial charge in [-0.3, -0.25) is 9.58 Å². The maximum Gasteiger partial charge on any atom is 0.137 e. The minimum atomic E-state index is 0.132. The first-order valence-corrected chi connectivity index (χ1v) is 9.15. The van der Waals surface area contributed by atoms with Crippen molar-refractivity contribution in [3.05, 3.63) is 84.4 Å². The van der Waals surface area contributed by atoms with Crippen molar-refractivity contribution in [2.45, 2.75) is 25.1 Å². The van der Waals surface area contributed by atoms with Crippen LogP contribution in [0.15, 0.2) is 73.3 Å². The summed E-state index contributed by atoms with van der Waals surface area (Å²) in [6.45, 7) is 3.33. The van der Waals surface area contributed by atoms with Crippen molar-refractivity contribution in [1.29, 1.82) is 0 Å². The second-order valence-corrected chi connectivity index (χ2v) is 6.72. The molecule has 4 rings (SSSR count). The van der Waals surface area contributed by atoms with Crippen LogP contribution in [0.5, 0.6) is 0 Å². The lowest BCUT2D eigenvalue weighted by atomic mass is 9.96. The molecule has 0 unspecified atom stereocenters. The number of ether oxygens (including phenoxy) is 1. The molecule has 2 aromatic carbocycles. The summed E-state index contributed by atoms with van der Waals surface area (Å²) in [4.78, 5) is 6.58. The van der Waals surface area contributed by atoms with Crippen LogP contribution in [0.1, 0.15) is 17.2 Å². The van der Waals surface area contributed by atoms with Crippen LogP contribution in [0.25, 0.3) is 0 Å². The van der Waals surface area contributed by atoms with Gasteiger partial charge in [-0.25, -0.2) is 4.98 Å². The van der Waals surface area contributed by atoms with Gasteiger partial charge in [-0.15, -0.1) is 0 Å². The summed E-state index contributed by atoms with van der Waals surface area (Å²) in [5.74, 6) is 0. The fourth-order valence-corrected chi connectivity index (χ4v) is 3.64. The molecule has 1 aromatic heterocycles. The van der Waals surface area contributed by atoms with Gasteiger partial charge in [0.15, 0.2) is 0 Å². The van der Waals surface area contributed by atoms with Gasteiger partial charge in [0.2, 0.25) is 0 Å². The van der Waals surface area contributed by atoms with E-state index in [1.54, 1.807) is 12.7 Å². The molecule has 1 aliphatic heterocycles. The van der Waals surface area contributed by atoms with Gasteiger partial charge in [-0.1, -0.05) is 60.7 Å². The van der Waals surface area contributed by atoms with E-state index in [2.05, 4.69) is 75.6 Å². The first-order chi connectivity index (χ1) is 12.9. The fourth-order valence-electron chi connectivity index (χ4n) is 3.64. The number of hydrogen-bond acceptors (Lipinski definition) is 4. The van der Waals surface area contributed by atoms with E-state index >= 15 is 0 Å². The van der Waals surface area contributed by atoms with Crippen molar-refractivity contribution in [2.75, 3.05) is 19.7 Å². The molecule has 134 valence electrons. The average Bonchev–Trinajstić information content (AvgIpc) is 3.21. The van der Waals surface area contributed by atoms with E-state index in [0.717, 1.165) is 32.7 Å². The molecule has 0 aliphatic carbocycles. The lowest BCUT2D eigenvalue weighted by Crippen LogP contribution is -2.46. The summed E-state index contributed by atoms with van der Waals surface area (Å²) in [5.41, 5.74) is 2.72. The third kappa shape index (κ3) is 4.18. The quantitative estimate of drug-likeness (QED) is 0.687. The van der Waals surface area contributed by atoms with Crippen LogP contribution in [-0.2, 0) is 17.7 Å². The smallest absolute Gasteiger partial charge is 0.137 e. The molecule has 2 atom stereocenters. The number of hydrogen-bond donors (Lipinski definition) is 0. The zero-order valence-corrected chi connectivity index (χ0v) is 14.8. The van der Waals surface area contributed by atoms with E-state index in [0.29, 0.717) is 6.04 Å².